The zero-order chi connectivity index (χ0) is 9.84. The molecule has 0 saturated carbocycles. The Morgan fingerprint density at radius 3 is 2.62 bits per heavy atom. The lowest BCUT2D eigenvalue weighted by atomic mass is 10.0. The van der Waals surface area contributed by atoms with E-state index >= 15 is 0 Å². The van der Waals surface area contributed by atoms with Crippen LogP contribution in [0, 0.1) is 0 Å². The summed E-state index contributed by atoms with van der Waals surface area (Å²) in [5, 5.41) is 20.5. The van der Waals surface area contributed by atoms with Gasteiger partial charge in [0, 0.05) is 11.3 Å². The zero-order valence-electron chi connectivity index (χ0n) is 7.45. The Labute approximate surface area is 76.6 Å². The SMILES string of the molecule is CC(O)NC1=CC=C(C(=O)O)CC1. The lowest BCUT2D eigenvalue weighted by molar-refractivity contribution is -0.132. The van der Waals surface area contributed by atoms with Gasteiger partial charge in [-0.25, -0.2) is 4.79 Å². The highest BCUT2D eigenvalue weighted by molar-refractivity contribution is 5.87. The summed E-state index contributed by atoms with van der Waals surface area (Å²) >= 11 is 0. The molecular weight excluding hydrogens is 170 g/mol. The van der Waals surface area contributed by atoms with Gasteiger partial charge in [0.15, 0.2) is 0 Å². The normalized spacial score (nSPS) is 18.6. The number of hydrogen-bond donors (Lipinski definition) is 3. The molecule has 0 radical (unpaired) electrons. The first kappa shape index (κ1) is 9.80. The van der Waals surface area contributed by atoms with Crippen LogP contribution in [0.15, 0.2) is 23.4 Å². The van der Waals surface area contributed by atoms with Crippen molar-refractivity contribution in [1.82, 2.24) is 5.32 Å². The minimum atomic E-state index is -0.868. The molecule has 0 spiro atoms. The molecule has 0 amide bonds. The largest absolute Gasteiger partial charge is 0.478 e. The Kier molecular flexibility index (Phi) is 3.08. The number of hydrogen-bond acceptors (Lipinski definition) is 3. The smallest absolute Gasteiger partial charge is 0.331 e. The molecule has 72 valence electrons. The second-order valence-electron chi connectivity index (χ2n) is 3.01. The van der Waals surface area contributed by atoms with Gasteiger partial charge in [0.05, 0.1) is 0 Å². The molecule has 1 rings (SSSR count). The Balaban J connectivity index is 2.60. The third kappa shape index (κ3) is 2.91. The lowest BCUT2D eigenvalue weighted by Gasteiger charge is -2.16. The van der Waals surface area contributed by atoms with Crippen LogP contribution in [-0.4, -0.2) is 22.4 Å². The van der Waals surface area contributed by atoms with Gasteiger partial charge >= 0.3 is 5.97 Å². The standard InChI is InChI=1S/C9H13NO3/c1-6(11)10-8-4-2-7(3-5-8)9(12)13/h2,4,6,10-11H,3,5H2,1H3,(H,12,13). The Morgan fingerprint density at radius 2 is 2.23 bits per heavy atom. The molecule has 4 nitrogen and oxygen atoms in total. The Bertz CT molecular complexity index is 266. The van der Waals surface area contributed by atoms with Crippen molar-refractivity contribution in [2.45, 2.75) is 26.0 Å². The van der Waals surface area contributed by atoms with Crippen LogP contribution in [0.2, 0.25) is 0 Å². The van der Waals surface area contributed by atoms with Crippen LogP contribution in [-0.2, 0) is 4.79 Å². The predicted molar refractivity (Wildman–Crippen MR) is 47.9 cm³/mol. The number of nitrogens with one attached hydrogen (secondary N) is 1. The molecule has 0 aromatic carbocycles. The monoisotopic (exact) mass is 183 g/mol. The molecule has 0 aromatic rings. The number of rotatable bonds is 3. The van der Waals surface area contributed by atoms with E-state index in [-0.39, 0.29) is 0 Å². The van der Waals surface area contributed by atoms with Crippen LogP contribution in [0.1, 0.15) is 19.8 Å². The fourth-order valence-corrected chi connectivity index (χ4v) is 1.20. The highest BCUT2D eigenvalue weighted by Crippen LogP contribution is 2.16. The van der Waals surface area contributed by atoms with Crippen LogP contribution >= 0.6 is 0 Å². The molecule has 0 aromatic heterocycles. The summed E-state index contributed by atoms with van der Waals surface area (Å²) in [6, 6.07) is 0. The average Bonchev–Trinajstić information content (AvgIpc) is 2.04. The van der Waals surface area contributed by atoms with Crippen molar-refractivity contribution in [3.05, 3.63) is 23.4 Å². The molecule has 0 bridgehead atoms. The number of allylic oxidation sites excluding steroid dienone is 3. The number of carboxylic acid groups (broad SMARTS) is 1. The van der Waals surface area contributed by atoms with Gasteiger partial charge in [-0.05, 0) is 25.8 Å². The first-order valence-corrected chi connectivity index (χ1v) is 4.17. The summed E-state index contributed by atoms with van der Waals surface area (Å²) in [6.07, 6.45) is 3.83. The van der Waals surface area contributed by atoms with Crippen molar-refractivity contribution in [1.29, 1.82) is 0 Å². The summed E-state index contributed by atoms with van der Waals surface area (Å²) in [4.78, 5) is 10.5. The highest BCUT2D eigenvalue weighted by atomic mass is 16.4. The summed E-state index contributed by atoms with van der Waals surface area (Å²) in [7, 11) is 0. The second-order valence-corrected chi connectivity index (χ2v) is 3.01. The minimum Gasteiger partial charge on any atom is -0.478 e. The van der Waals surface area contributed by atoms with E-state index < -0.39 is 12.2 Å². The summed E-state index contributed by atoms with van der Waals surface area (Å²) in [5.74, 6) is -0.868. The van der Waals surface area contributed by atoms with Gasteiger partial charge in [0.2, 0.25) is 0 Å². The number of aliphatic hydroxyl groups excluding tert-OH is 1. The topological polar surface area (TPSA) is 69.6 Å². The summed E-state index contributed by atoms with van der Waals surface area (Å²) in [5.41, 5.74) is 1.29. The van der Waals surface area contributed by atoms with Crippen LogP contribution in [0.5, 0.6) is 0 Å². The van der Waals surface area contributed by atoms with E-state index in [0.717, 1.165) is 5.70 Å². The van der Waals surface area contributed by atoms with Crippen molar-refractivity contribution in [2.24, 2.45) is 0 Å². The van der Waals surface area contributed by atoms with E-state index in [1.165, 1.54) is 0 Å². The van der Waals surface area contributed by atoms with E-state index in [4.69, 9.17) is 10.2 Å². The van der Waals surface area contributed by atoms with Gasteiger partial charge in [-0.15, -0.1) is 0 Å². The molecule has 13 heavy (non-hydrogen) atoms. The highest BCUT2D eigenvalue weighted by Gasteiger charge is 2.12. The van der Waals surface area contributed by atoms with Gasteiger partial charge in [-0.1, -0.05) is 6.08 Å². The Hall–Kier alpha value is -1.29. The van der Waals surface area contributed by atoms with Crippen LogP contribution in [0.4, 0.5) is 0 Å². The van der Waals surface area contributed by atoms with Gasteiger partial charge in [0.1, 0.15) is 6.23 Å². The molecule has 1 unspecified atom stereocenters. The molecule has 1 atom stereocenters. The van der Waals surface area contributed by atoms with E-state index in [9.17, 15) is 4.79 Å². The van der Waals surface area contributed by atoms with Crippen LogP contribution in [0.3, 0.4) is 0 Å². The predicted octanol–water partition coefficient (Wildman–Crippen LogP) is 0.603. The maximum absolute atomic E-state index is 10.5. The third-order valence-corrected chi connectivity index (χ3v) is 1.82. The molecule has 0 heterocycles. The van der Waals surface area contributed by atoms with Crippen molar-refractivity contribution in [2.75, 3.05) is 0 Å². The average molecular weight is 183 g/mol. The Morgan fingerprint density at radius 1 is 1.54 bits per heavy atom. The molecular formula is C9H13NO3. The summed E-state index contributed by atoms with van der Waals surface area (Å²) in [6.45, 7) is 1.62. The molecule has 1 aliphatic carbocycles. The van der Waals surface area contributed by atoms with Gasteiger partial charge in [0.25, 0.3) is 0 Å². The van der Waals surface area contributed by atoms with Gasteiger partial charge < -0.3 is 15.5 Å². The van der Waals surface area contributed by atoms with Gasteiger partial charge in [-0.3, -0.25) is 0 Å². The fourth-order valence-electron chi connectivity index (χ4n) is 1.20. The van der Waals surface area contributed by atoms with E-state index in [2.05, 4.69) is 5.32 Å². The van der Waals surface area contributed by atoms with E-state index in [1.807, 2.05) is 0 Å². The zero-order valence-corrected chi connectivity index (χ0v) is 7.45. The maximum Gasteiger partial charge on any atom is 0.331 e. The molecule has 3 N–H and O–H groups in total. The van der Waals surface area contributed by atoms with Crippen molar-refractivity contribution in [3.8, 4) is 0 Å². The van der Waals surface area contributed by atoms with E-state index in [0.29, 0.717) is 18.4 Å². The summed E-state index contributed by atoms with van der Waals surface area (Å²) < 4.78 is 0. The van der Waals surface area contributed by atoms with E-state index in [1.54, 1.807) is 19.1 Å². The number of aliphatic hydroxyl groups is 1. The molecule has 4 heteroatoms. The van der Waals surface area contributed by atoms with Crippen molar-refractivity contribution < 1.29 is 15.0 Å². The lowest BCUT2D eigenvalue weighted by Crippen LogP contribution is -2.25. The number of carboxylic acids is 1. The van der Waals surface area contributed by atoms with Crippen LogP contribution < -0.4 is 5.32 Å². The van der Waals surface area contributed by atoms with Crippen molar-refractivity contribution in [3.63, 3.8) is 0 Å². The quantitative estimate of drug-likeness (QED) is 0.560. The van der Waals surface area contributed by atoms with Crippen molar-refractivity contribution >= 4 is 5.97 Å². The molecule has 0 saturated heterocycles. The number of carbonyl (C=O) groups is 1. The maximum atomic E-state index is 10.5. The first-order valence-electron chi connectivity index (χ1n) is 4.17. The molecule has 0 fully saturated rings. The third-order valence-electron chi connectivity index (χ3n) is 1.82. The number of aliphatic carboxylic acids is 1. The molecule has 0 aliphatic heterocycles. The molecule has 1 aliphatic rings. The van der Waals surface area contributed by atoms with Crippen LogP contribution in [0.25, 0.3) is 0 Å². The fraction of sp³-hybridized carbons (Fsp3) is 0.444. The first-order chi connectivity index (χ1) is 6.09. The minimum absolute atomic E-state index is 0.413. The van der Waals surface area contributed by atoms with Gasteiger partial charge in [-0.2, -0.15) is 0 Å². The second kappa shape index (κ2) is 4.09.